The van der Waals surface area contributed by atoms with Crippen LogP contribution in [0.1, 0.15) is 10.4 Å². The van der Waals surface area contributed by atoms with Crippen molar-refractivity contribution in [3.63, 3.8) is 0 Å². The van der Waals surface area contributed by atoms with Crippen LogP contribution in [0.3, 0.4) is 0 Å². The average molecular weight is 428 g/mol. The van der Waals surface area contributed by atoms with Crippen LogP contribution in [0.15, 0.2) is 47.5 Å². The first kappa shape index (κ1) is 20.6. The number of ether oxygens (including phenoxy) is 1. The fraction of sp³-hybridized carbons (Fsp3) is 0.364. The first-order chi connectivity index (χ1) is 14.6. The van der Waals surface area contributed by atoms with E-state index in [2.05, 4.69) is 4.90 Å². The Bertz CT molecular complexity index is 932. The fourth-order valence-corrected chi connectivity index (χ4v) is 4.66. The van der Waals surface area contributed by atoms with Gasteiger partial charge in [-0.3, -0.25) is 19.4 Å². The molecule has 1 fully saturated rings. The summed E-state index contributed by atoms with van der Waals surface area (Å²) >= 11 is 1.47. The molecule has 2 aliphatic heterocycles. The van der Waals surface area contributed by atoms with E-state index in [0.29, 0.717) is 30.9 Å². The van der Waals surface area contributed by atoms with Crippen molar-refractivity contribution in [2.45, 2.75) is 6.54 Å². The van der Waals surface area contributed by atoms with E-state index in [1.165, 1.54) is 16.2 Å². The van der Waals surface area contributed by atoms with E-state index in [-0.39, 0.29) is 25.0 Å². The number of imide groups is 1. The van der Waals surface area contributed by atoms with Crippen LogP contribution in [0.5, 0.6) is 5.75 Å². The Hall–Kier alpha value is -2.68. The van der Waals surface area contributed by atoms with Crippen LogP contribution in [0.25, 0.3) is 5.57 Å². The highest BCUT2D eigenvalue weighted by Gasteiger charge is 2.42. The molecule has 4 rings (SSSR count). The van der Waals surface area contributed by atoms with Crippen molar-refractivity contribution >= 4 is 28.7 Å². The second-order valence-corrected chi connectivity index (χ2v) is 8.25. The minimum atomic E-state index is -0.244. The van der Waals surface area contributed by atoms with E-state index in [0.717, 1.165) is 29.3 Å². The van der Waals surface area contributed by atoms with Gasteiger partial charge in [-0.2, -0.15) is 0 Å². The largest absolute Gasteiger partial charge is 0.497 e. The van der Waals surface area contributed by atoms with Gasteiger partial charge in [0.15, 0.2) is 0 Å². The molecule has 3 heterocycles. The number of thiophene rings is 1. The number of benzene rings is 1. The standard InChI is InChI=1S/C22H25N3O4S/c1-29-17-6-4-16(5-7-17)15-25-21(27)19(18-3-2-14-30-18)20(22(25)28)24-10-8-23(9-11-24)12-13-26/h2-7,14,26H,8-13,15H2,1H3. The summed E-state index contributed by atoms with van der Waals surface area (Å²) in [5.41, 5.74) is 1.87. The normalized spacial score (nSPS) is 17.9. The quantitative estimate of drug-likeness (QED) is 0.678. The Morgan fingerprint density at radius 1 is 1.03 bits per heavy atom. The maximum Gasteiger partial charge on any atom is 0.278 e. The van der Waals surface area contributed by atoms with Gasteiger partial charge >= 0.3 is 0 Å². The fourth-order valence-electron chi connectivity index (χ4n) is 3.89. The minimum absolute atomic E-state index is 0.121. The molecule has 1 N–H and O–H groups in total. The van der Waals surface area contributed by atoms with Crippen molar-refractivity contribution in [3.05, 3.63) is 57.9 Å². The molecule has 7 nitrogen and oxygen atoms in total. The smallest absolute Gasteiger partial charge is 0.278 e. The van der Waals surface area contributed by atoms with Crippen molar-refractivity contribution in [1.29, 1.82) is 0 Å². The molecule has 158 valence electrons. The number of piperazine rings is 1. The van der Waals surface area contributed by atoms with Gasteiger partial charge in [-0.05, 0) is 29.1 Å². The Balaban J connectivity index is 1.60. The molecular weight excluding hydrogens is 402 g/mol. The Kier molecular flexibility index (Phi) is 6.17. The second-order valence-electron chi connectivity index (χ2n) is 7.30. The lowest BCUT2D eigenvalue weighted by Gasteiger charge is -2.36. The molecule has 0 aliphatic carbocycles. The summed E-state index contributed by atoms with van der Waals surface area (Å²) < 4.78 is 5.19. The summed E-state index contributed by atoms with van der Waals surface area (Å²) in [5, 5.41) is 11.1. The number of amides is 2. The zero-order chi connectivity index (χ0) is 21.1. The summed E-state index contributed by atoms with van der Waals surface area (Å²) in [6, 6.07) is 11.2. The number of aliphatic hydroxyl groups excluding tert-OH is 1. The SMILES string of the molecule is COc1ccc(CN2C(=O)C(c3cccs3)=C(N3CCN(CCO)CC3)C2=O)cc1. The molecule has 1 aromatic heterocycles. The zero-order valence-corrected chi connectivity index (χ0v) is 17.7. The highest BCUT2D eigenvalue weighted by atomic mass is 32.1. The minimum Gasteiger partial charge on any atom is -0.497 e. The molecule has 30 heavy (non-hydrogen) atoms. The number of aliphatic hydroxyl groups is 1. The third-order valence-corrected chi connectivity index (χ3v) is 6.40. The molecule has 0 unspecified atom stereocenters. The predicted octanol–water partition coefficient (Wildman–Crippen LogP) is 1.65. The third-order valence-electron chi connectivity index (χ3n) is 5.52. The maximum atomic E-state index is 13.4. The number of methoxy groups -OCH3 is 1. The molecule has 1 aromatic carbocycles. The number of carbonyl (C=O) groups excluding carboxylic acids is 2. The van der Waals surface area contributed by atoms with Crippen molar-refractivity contribution in [1.82, 2.24) is 14.7 Å². The van der Waals surface area contributed by atoms with E-state index in [1.807, 2.05) is 46.7 Å². The monoisotopic (exact) mass is 427 g/mol. The third kappa shape index (κ3) is 3.98. The van der Waals surface area contributed by atoms with Crippen LogP contribution in [-0.2, 0) is 16.1 Å². The molecule has 8 heteroatoms. The van der Waals surface area contributed by atoms with Crippen molar-refractivity contribution in [2.75, 3.05) is 46.4 Å². The zero-order valence-electron chi connectivity index (χ0n) is 16.9. The summed E-state index contributed by atoms with van der Waals surface area (Å²) in [5.74, 6) is 0.248. The van der Waals surface area contributed by atoms with Crippen LogP contribution in [-0.4, -0.2) is 78.1 Å². The summed E-state index contributed by atoms with van der Waals surface area (Å²) in [6.07, 6.45) is 0. The molecule has 0 bridgehead atoms. The van der Waals surface area contributed by atoms with Gasteiger partial charge in [0.1, 0.15) is 11.4 Å². The second kappa shape index (κ2) is 8.99. The van der Waals surface area contributed by atoms with Crippen molar-refractivity contribution in [2.24, 2.45) is 0 Å². The van der Waals surface area contributed by atoms with Gasteiger partial charge in [0.25, 0.3) is 11.8 Å². The number of nitrogens with zero attached hydrogens (tertiary/aromatic N) is 3. The van der Waals surface area contributed by atoms with Crippen molar-refractivity contribution in [3.8, 4) is 5.75 Å². The number of rotatable bonds is 7. The van der Waals surface area contributed by atoms with Gasteiger partial charge in [-0.1, -0.05) is 18.2 Å². The lowest BCUT2D eigenvalue weighted by Crippen LogP contribution is -2.48. The van der Waals surface area contributed by atoms with Gasteiger partial charge in [-0.25, -0.2) is 0 Å². The molecular formula is C22H25N3O4S. The number of β-amino-alcohol motifs (C(OH)–C–C–N with tert-alkyl or cyclic N) is 1. The van der Waals surface area contributed by atoms with Gasteiger partial charge < -0.3 is 14.7 Å². The Labute approximate surface area is 179 Å². The molecule has 2 aliphatic rings. The summed E-state index contributed by atoms with van der Waals surface area (Å²) in [6.45, 7) is 3.78. The van der Waals surface area contributed by atoms with Crippen molar-refractivity contribution < 1.29 is 19.4 Å². The maximum absolute atomic E-state index is 13.4. The molecule has 0 atom stereocenters. The molecule has 0 spiro atoms. The highest BCUT2D eigenvalue weighted by molar-refractivity contribution is 7.11. The molecule has 1 saturated heterocycles. The Morgan fingerprint density at radius 3 is 2.37 bits per heavy atom. The molecule has 2 aromatic rings. The first-order valence-corrected chi connectivity index (χ1v) is 10.9. The summed E-state index contributed by atoms with van der Waals surface area (Å²) in [7, 11) is 1.60. The van der Waals surface area contributed by atoms with Gasteiger partial charge in [0.2, 0.25) is 0 Å². The average Bonchev–Trinajstić information content (AvgIpc) is 3.38. The van der Waals surface area contributed by atoms with Crippen LogP contribution in [0, 0.1) is 0 Å². The molecule has 0 radical (unpaired) electrons. The topological polar surface area (TPSA) is 73.3 Å². The van der Waals surface area contributed by atoms with E-state index >= 15 is 0 Å². The first-order valence-electron chi connectivity index (χ1n) is 9.98. The lowest BCUT2D eigenvalue weighted by molar-refractivity contribution is -0.138. The Morgan fingerprint density at radius 2 is 1.77 bits per heavy atom. The van der Waals surface area contributed by atoms with Crippen LogP contribution >= 0.6 is 11.3 Å². The molecule has 0 saturated carbocycles. The van der Waals surface area contributed by atoms with E-state index in [9.17, 15) is 14.7 Å². The highest BCUT2D eigenvalue weighted by Crippen LogP contribution is 2.35. The van der Waals surface area contributed by atoms with Crippen LogP contribution < -0.4 is 4.74 Å². The van der Waals surface area contributed by atoms with Gasteiger partial charge in [-0.15, -0.1) is 11.3 Å². The van der Waals surface area contributed by atoms with Gasteiger partial charge in [0, 0.05) is 37.6 Å². The predicted molar refractivity (Wildman–Crippen MR) is 115 cm³/mol. The number of hydrogen-bond donors (Lipinski definition) is 1. The number of carbonyl (C=O) groups is 2. The van der Waals surface area contributed by atoms with E-state index in [1.54, 1.807) is 7.11 Å². The summed E-state index contributed by atoms with van der Waals surface area (Å²) in [4.78, 5) is 33.1. The number of hydrogen-bond acceptors (Lipinski definition) is 7. The van der Waals surface area contributed by atoms with Crippen LogP contribution in [0.2, 0.25) is 0 Å². The van der Waals surface area contributed by atoms with E-state index in [4.69, 9.17) is 4.74 Å². The van der Waals surface area contributed by atoms with Crippen LogP contribution in [0.4, 0.5) is 0 Å². The lowest BCUT2D eigenvalue weighted by atomic mass is 10.1. The molecule has 2 amide bonds. The van der Waals surface area contributed by atoms with Gasteiger partial charge in [0.05, 0.1) is 25.8 Å². The van der Waals surface area contributed by atoms with E-state index < -0.39 is 0 Å².